The minimum atomic E-state index is -3.53. The molecule has 0 amide bonds. The summed E-state index contributed by atoms with van der Waals surface area (Å²) < 4.78 is 30.3. The highest BCUT2D eigenvalue weighted by Gasteiger charge is 2.23. The summed E-state index contributed by atoms with van der Waals surface area (Å²) in [5, 5.41) is 0. The van der Waals surface area contributed by atoms with Crippen molar-refractivity contribution in [3.8, 4) is 0 Å². The maximum absolute atomic E-state index is 12.5. The van der Waals surface area contributed by atoms with E-state index in [-0.39, 0.29) is 22.1 Å². The molecule has 0 aliphatic carbocycles. The van der Waals surface area contributed by atoms with Crippen molar-refractivity contribution in [2.24, 2.45) is 20.0 Å². The topological polar surface area (TPSA) is 93.4 Å². The Labute approximate surface area is 170 Å². The van der Waals surface area contributed by atoms with E-state index in [9.17, 15) is 18.0 Å². The van der Waals surface area contributed by atoms with E-state index in [1.165, 1.54) is 17.7 Å². The van der Waals surface area contributed by atoms with Gasteiger partial charge >= 0.3 is 5.69 Å². The summed E-state index contributed by atoms with van der Waals surface area (Å²) in [6.07, 6.45) is 1.87. The van der Waals surface area contributed by atoms with Gasteiger partial charge in [0, 0.05) is 45.5 Å². The summed E-state index contributed by atoms with van der Waals surface area (Å²) in [4.78, 5) is 26.5. The van der Waals surface area contributed by atoms with E-state index in [2.05, 4.69) is 9.62 Å². The van der Waals surface area contributed by atoms with Crippen LogP contribution in [0.25, 0.3) is 0 Å². The van der Waals surface area contributed by atoms with E-state index in [0.29, 0.717) is 25.3 Å². The summed E-state index contributed by atoms with van der Waals surface area (Å²) in [6, 6.07) is 8.28. The van der Waals surface area contributed by atoms with Crippen LogP contribution in [0.15, 0.2) is 44.8 Å². The fourth-order valence-electron chi connectivity index (χ4n) is 3.65. The van der Waals surface area contributed by atoms with Crippen molar-refractivity contribution in [2.75, 3.05) is 19.6 Å². The number of hydrogen-bond acceptors (Lipinski definition) is 5. The second-order valence-electron chi connectivity index (χ2n) is 7.78. The minimum absolute atomic E-state index is 0.174. The summed E-state index contributed by atoms with van der Waals surface area (Å²) in [5.74, 6) is 0.174. The molecule has 2 aromatic rings. The van der Waals surface area contributed by atoms with Crippen molar-refractivity contribution in [1.29, 1.82) is 0 Å². The molecule has 1 fully saturated rings. The van der Waals surface area contributed by atoms with Gasteiger partial charge in [0.1, 0.15) is 0 Å². The van der Waals surface area contributed by atoms with Crippen LogP contribution < -0.4 is 16.0 Å². The molecule has 29 heavy (non-hydrogen) atoms. The average molecular weight is 421 g/mol. The van der Waals surface area contributed by atoms with Crippen molar-refractivity contribution in [3.63, 3.8) is 0 Å². The number of aryl methyl sites for hydroxylation is 1. The van der Waals surface area contributed by atoms with E-state index in [0.717, 1.165) is 29.5 Å². The highest BCUT2D eigenvalue weighted by molar-refractivity contribution is 7.89. The van der Waals surface area contributed by atoms with Gasteiger partial charge in [-0.1, -0.05) is 17.7 Å². The number of benzene rings is 1. The highest BCUT2D eigenvalue weighted by atomic mass is 32.2. The van der Waals surface area contributed by atoms with Gasteiger partial charge in [0.2, 0.25) is 10.0 Å². The molecule has 1 unspecified atom stereocenters. The third-order valence-corrected chi connectivity index (χ3v) is 6.95. The van der Waals surface area contributed by atoms with Crippen LogP contribution in [0.2, 0.25) is 0 Å². The molecule has 2 heterocycles. The predicted octanol–water partition coefficient (Wildman–Crippen LogP) is 0.583. The molecule has 1 N–H and O–H groups in total. The van der Waals surface area contributed by atoms with Crippen molar-refractivity contribution in [2.45, 2.75) is 31.2 Å². The van der Waals surface area contributed by atoms with Crippen LogP contribution in [-0.4, -0.2) is 42.1 Å². The Hall–Kier alpha value is -2.23. The lowest BCUT2D eigenvalue weighted by Crippen LogP contribution is -2.43. The zero-order valence-corrected chi connectivity index (χ0v) is 17.9. The van der Waals surface area contributed by atoms with E-state index in [1.54, 1.807) is 31.3 Å². The summed E-state index contributed by atoms with van der Waals surface area (Å²) in [7, 11) is -0.409. The maximum atomic E-state index is 12.5. The maximum Gasteiger partial charge on any atom is 0.330 e. The first-order chi connectivity index (χ1) is 13.7. The second kappa shape index (κ2) is 8.64. The number of piperidine rings is 1. The minimum Gasteiger partial charge on any atom is -0.299 e. The number of sulfonamides is 1. The van der Waals surface area contributed by atoms with Crippen LogP contribution in [-0.2, 0) is 30.7 Å². The number of hydrogen-bond donors (Lipinski definition) is 1. The first kappa shape index (κ1) is 21.5. The standard InChI is InChI=1S/C20H28N4O4S/c1-15-6-8-18(9-7-15)29(27,28)21-12-16-5-4-10-24(13-16)14-17-11-19(25)23(3)20(26)22(17)2/h6-9,11,16,21H,4-5,10,12-14H2,1-3H3. The van der Waals surface area contributed by atoms with E-state index in [1.807, 2.05) is 6.92 Å². The van der Waals surface area contributed by atoms with Gasteiger partial charge in [0.25, 0.3) is 5.56 Å². The molecule has 1 aromatic carbocycles. The first-order valence-electron chi connectivity index (χ1n) is 9.72. The monoisotopic (exact) mass is 420 g/mol. The van der Waals surface area contributed by atoms with Gasteiger partial charge in [-0.2, -0.15) is 0 Å². The van der Waals surface area contributed by atoms with Gasteiger partial charge in [0.05, 0.1) is 4.90 Å². The second-order valence-corrected chi connectivity index (χ2v) is 9.55. The summed E-state index contributed by atoms with van der Waals surface area (Å²) in [5.41, 5.74) is 1.02. The Morgan fingerprint density at radius 2 is 1.79 bits per heavy atom. The van der Waals surface area contributed by atoms with Crippen LogP contribution in [0.1, 0.15) is 24.1 Å². The van der Waals surface area contributed by atoms with Gasteiger partial charge in [0.15, 0.2) is 0 Å². The van der Waals surface area contributed by atoms with Gasteiger partial charge in [-0.3, -0.25) is 18.8 Å². The van der Waals surface area contributed by atoms with Crippen molar-refractivity contribution < 1.29 is 8.42 Å². The normalized spacial score (nSPS) is 18.1. The van der Waals surface area contributed by atoms with Crippen LogP contribution in [0, 0.1) is 12.8 Å². The van der Waals surface area contributed by atoms with Crippen LogP contribution in [0.4, 0.5) is 0 Å². The SMILES string of the molecule is Cc1ccc(S(=O)(=O)NCC2CCCN(Cc3cc(=O)n(C)c(=O)n3C)C2)cc1. The third kappa shape index (κ3) is 5.04. The van der Waals surface area contributed by atoms with Gasteiger partial charge in [-0.25, -0.2) is 17.9 Å². The zero-order valence-electron chi connectivity index (χ0n) is 17.1. The molecule has 1 aliphatic heterocycles. The van der Waals surface area contributed by atoms with Crippen molar-refractivity contribution >= 4 is 10.0 Å². The fourth-order valence-corrected chi connectivity index (χ4v) is 4.77. The quantitative estimate of drug-likeness (QED) is 0.738. The molecular weight excluding hydrogens is 392 g/mol. The lowest BCUT2D eigenvalue weighted by atomic mass is 9.98. The van der Waals surface area contributed by atoms with Gasteiger partial charge < -0.3 is 0 Å². The van der Waals surface area contributed by atoms with E-state index < -0.39 is 10.0 Å². The lowest BCUT2D eigenvalue weighted by molar-refractivity contribution is 0.165. The Bertz CT molecular complexity index is 1090. The molecule has 9 heteroatoms. The molecule has 8 nitrogen and oxygen atoms in total. The molecule has 158 valence electrons. The Morgan fingerprint density at radius 1 is 1.10 bits per heavy atom. The van der Waals surface area contributed by atoms with Crippen LogP contribution >= 0.6 is 0 Å². The molecule has 0 bridgehead atoms. The molecule has 3 rings (SSSR count). The lowest BCUT2D eigenvalue weighted by Gasteiger charge is -2.33. The molecule has 0 spiro atoms. The highest BCUT2D eigenvalue weighted by Crippen LogP contribution is 2.18. The number of nitrogens with zero attached hydrogens (tertiary/aromatic N) is 3. The Kier molecular flexibility index (Phi) is 6.40. The third-order valence-electron chi connectivity index (χ3n) is 5.51. The van der Waals surface area contributed by atoms with Crippen molar-refractivity contribution in [1.82, 2.24) is 18.8 Å². The summed E-state index contributed by atoms with van der Waals surface area (Å²) >= 11 is 0. The molecule has 1 aliphatic rings. The van der Waals surface area contributed by atoms with E-state index in [4.69, 9.17) is 0 Å². The Balaban J connectivity index is 1.63. The molecule has 0 saturated carbocycles. The van der Waals surface area contributed by atoms with E-state index >= 15 is 0 Å². The van der Waals surface area contributed by atoms with Gasteiger partial charge in [-0.05, 0) is 44.4 Å². The smallest absolute Gasteiger partial charge is 0.299 e. The van der Waals surface area contributed by atoms with Crippen molar-refractivity contribution in [3.05, 3.63) is 62.4 Å². The number of rotatable bonds is 6. The molecule has 1 saturated heterocycles. The number of nitrogens with one attached hydrogen (secondary N) is 1. The van der Waals surface area contributed by atoms with Gasteiger partial charge in [-0.15, -0.1) is 0 Å². The van der Waals surface area contributed by atoms with Crippen LogP contribution in [0.3, 0.4) is 0 Å². The zero-order chi connectivity index (χ0) is 21.2. The number of aromatic nitrogens is 2. The molecular formula is C20H28N4O4S. The molecule has 1 atom stereocenters. The average Bonchev–Trinajstić information content (AvgIpc) is 2.70. The van der Waals surface area contributed by atoms with Crippen LogP contribution in [0.5, 0.6) is 0 Å². The largest absolute Gasteiger partial charge is 0.330 e. The first-order valence-corrected chi connectivity index (χ1v) is 11.2. The Morgan fingerprint density at radius 3 is 2.48 bits per heavy atom. The predicted molar refractivity (Wildman–Crippen MR) is 111 cm³/mol. The fraction of sp³-hybridized carbons (Fsp3) is 0.500. The molecule has 0 radical (unpaired) electrons. The molecule has 1 aromatic heterocycles. The number of likely N-dealkylation sites (tertiary alicyclic amines) is 1. The summed E-state index contributed by atoms with van der Waals surface area (Å²) in [6.45, 7) is 4.33.